The highest BCUT2D eigenvalue weighted by Crippen LogP contribution is 2.32. The second-order valence-electron chi connectivity index (χ2n) is 9.51. The number of amides is 2. The Morgan fingerprint density at radius 3 is 2.62 bits per heavy atom. The minimum absolute atomic E-state index is 0.0639. The van der Waals surface area contributed by atoms with Crippen molar-refractivity contribution in [1.29, 1.82) is 0 Å². The summed E-state index contributed by atoms with van der Waals surface area (Å²) in [6.07, 6.45) is 4.07. The maximum absolute atomic E-state index is 14.1. The molecule has 0 bridgehead atoms. The Labute approximate surface area is 216 Å². The van der Waals surface area contributed by atoms with Gasteiger partial charge >= 0.3 is 0 Å². The second kappa shape index (κ2) is 10.8. The zero-order chi connectivity index (χ0) is 25.8. The minimum atomic E-state index is -0.889. The predicted molar refractivity (Wildman–Crippen MR) is 142 cm³/mol. The SMILES string of the molecule is COc1cccc([C@@H](C(=O)NC2CCCC2)N(C(=O)Cn2nnc3ccccc32)c2cccc(C)c2)c1. The van der Waals surface area contributed by atoms with Crippen molar-refractivity contribution in [1.82, 2.24) is 20.3 Å². The average molecular weight is 498 g/mol. The zero-order valence-corrected chi connectivity index (χ0v) is 21.1. The predicted octanol–water partition coefficient (Wildman–Crippen LogP) is 4.58. The number of benzene rings is 3. The van der Waals surface area contributed by atoms with Crippen molar-refractivity contribution in [3.8, 4) is 5.75 Å². The molecule has 1 aromatic heterocycles. The largest absolute Gasteiger partial charge is 0.497 e. The van der Waals surface area contributed by atoms with Crippen molar-refractivity contribution in [2.45, 2.75) is 51.2 Å². The van der Waals surface area contributed by atoms with Gasteiger partial charge in [-0.25, -0.2) is 4.68 Å². The molecular weight excluding hydrogens is 466 g/mol. The summed E-state index contributed by atoms with van der Waals surface area (Å²) >= 11 is 0. The summed E-state index contributed by atoms with van der Waals surface area (Å²) in [4.78, 5) is 29.6. The van der Waals surface area contributed by atoms with E-state index < -0.39 is 6.04 Å². The summed E-state index contributed by atoms with van der Waals surface area (Å²) in [5, 5.41) is 11.6. The molecule has 1 saturated carbocycles. The summed E-state index contributed by atoms with van der Waals surface area (Å²) in [6.45, 7) is 1.90. The summed E-state index contributed by atoms with van der Waals surface area (Å²) in [5.41, 5.74) is 3.77. The lowest BCUT2D eigenvalue weighted by molar-refractivity contribution is -0.127. The van der Waals surface area contributed by atoms with Crippen LogP contribution in [0.5, 0.6) is 5.75 Å². The van der Waals surface area contributed by atoms with Gasteiger partial charge in [0.05, 0.1) is 12.6 Å². The van der Waals surface area contributed by atoms with Crippen LogP contribution >= 0.6 is 0 Å². The fourth-order valence-corrected chi connectivity index (χ4v) is 5.03. The molecule has 0 radical (unpaired) electrons. The number of aromatic nitrogens is 3. The first-order chi connectivity index (χ1) is 18.0. The van der Waals surface area contributed by atoms with Crippen LogP contribution in [0.15, 0.2) is 72.8 Å². The van der Waals surface area contributed by atoms with Crippen molar-refractivity contribution >= 4 is 28.5 Å². The monoisotopic (exact) mass is 497 g/mol. The number of anilines is 1. The van der Waals surface area contributed by atoms with Crippen LogP contribution in [0.3, 0.4) is 0 Å². The van der Waals surface area contributed by atoms with Gasteiger partial charge in [-0.2, -0.15) is 0 Å². The Morgan fingerprint density at radius 2 is 1.84 bits per heavy atom. The van der Waals surface area contributed by atoms with E-state index in [9.17, 15) is 9.59 Å². The van der Waals surface area contributed by atoms with E-state index in [0.29, 0.717) is 22.5 Å². The van der Waals surface area contributed by atoms with E-state index in [4.69, 9.17) is 4.74 Å². The van der Waals surface area contributed by atoms with E-state index in [1.807, 2.05) is 79.7 Å². The summed E-state index contributed by atoms with van der Waals surface area (Å²) in [5.74, 6) is 0.143. The molecule has 190 valence electrons. The molecule has 8 nitrogen and oxygen atoms in total. The van der Waals surface area contributed by atoms with Crippen molar-refractivity contribution in [2.75, 3.05) is 12.0 Å². The molecule has 1 heterocycles. The molecule has 1 atom stereocenters. The molecule has 5 rings (SSSR count). The molecule has 2 amide bonds. The first-order valence-electron chi connectivity index (χ1n) is 12.6. The number of nitrogens with one attached hydrogen (secondary N) is 1. The van der Waals surface area contributed by atoms with E-state index in [-0.39, 0.29) is 24.4 Å². The van der Waals surface area contributed by atoms with Crippen LogP contribution in [-0.4, -0.2) is 40.0 Å². The highest BCUT2D eigenvalue weighted by atomic mass is 16.5. The number of carbonyl (C=O) groups is 2. The fourth-order valence-electron chi connectivity index (χ4n) is 5.03. The molecule has 0 saturated heterocycles. The van der Waals surface area contributed by atoms with E-state index in [0.717, 1.165) is 36.8 Å². The van der Waals surface area contributed by atoms with Gasteiger partial charge in [0.1, 0.15) is 23.9 Å². The average Bonchev–Trinajstić information content (AvgIpc) is 3.57. The highest BCUT2D eigenvalue weighted by molar-refractivity contribution is 6.01. The third-order valence-electron chi connectivity index (χ3n) is 6.87. The Kier molecular flexibility index (Phi) is 7.16. The Bertz CT molecular complexity index is 1410. The molecule has 1 aliphatic rings. The van der Waals surface area contributed by atoms with Crippen LogP contribution in [0.2, 0.25) is 0 Å². The number of aryl methyl sites for hydroxylation is 1. The smallest absolute Gasteiger partial charge is 0.249 e. The topological polar surface area (TPSA) is 89.4 Å². The standard InChI is InChI=1S/C29H31N5O3/c1-20-9-7-13-23(17-20)34(27(35)19-33-26-16-6-5-15-25(26)31-32-33)28(21-10-8-14-24(18-21)37-2)29(36)30-22-11-3-4-12-22/h5-10,13-18,22,28H,3-4,11-12,19H2,1-2H3,(H,30,36)/t28-/m0/s1. The van der Waals surface area contributed by atoms with Gasteiger partial charge in [-0.3, -0.25) is 14.5 Å². The number of para-hydroxylation sites is 1. The van der Waals surface area contributed by atoms with Crippen LogP contribution < -0.4 is 15.0 Å². The quantitative estimate of drug-likeness (QED) is 0.385. The highest BCUT2D eigenvalue weighted by Gasteiger charge is 2.35. The molecule has 0 spiro atoms. The Balaban J connectivity index is 1.58. The van der Waals surface area contributed by atoms with Gasteiger partial charge in [-0.15, -0.1) is 5.10 Å². The summed E-state index contributed by atoms with van der Waals surface area (Å²) in [6, 6.07) is 21.7. The van der Waals surface area contributed by atoms with E-state index >= 15 is 0 Å². The van der Waals surface area contributed by atoms with Crippen LogP contribution in [0, 0.1) is 6.92 Å². The van der Waals surface area contributed by atoms with Gasteiger partial charge in [0.2, 0.25) is 11.8 Å². The van der Waals surface area contributed by atoms with Crippen molar-refractivity contribution in [3.63, 3.8) is 0 Å². The Morgan fingerprint density at radius 1 is 1.05 bits per heavy atom. The number of rotatable bonds is 8. The normalized spacial score (nSPS) is 14.4. The van der Waals surface area contributed by atoms with E-state index in [1.54, 1.807) is 16.7 Å². The number of hydrogen-bond acceptors (Lipinski definition) is 5. The molecule has 1 aliphatic carbocycles. The zero-order valence-electron chi connectivity index (χ0n) is 21.1. The molecule has 0 aliphatic heterocycles. The number of methoxy groups -OCH3 is 1. The molecule has 4 aromatic rings. The van der Waals surface area contributed by atoms with E-state index in [1.165, 1.54) is 0 Å². The van der Waals surface area contributed by atoms with Crippen LogP contribution in [0.25, 0.3) is 11.0 Å². The molecule has 1 fully saturated rings. The molecule has 0 unspecified atom stereocenters. The molecule has 8 heteroatoms. The second-order valence-corrected chi connectivity index (χ2v) is 9.51. The molecule has 3 aromatic carbocycles. The number of carbonyl (C=O) groups excluding carboxylic acids is 2. The van der Waals surface area contributed by atoms with Crippen LogP contribution in [0.4, 0.5) is 5.69 Å². The van der Waals surface area contributed by atoms with Gasteiger partial charge in [0.15, 0.2) is 0 Å². The van der Waals surface area contributed by atoms with Crippen molar-refractivity contribution in [3.05, 3.63) is 83.9 Å². The van der Waals surface area contributed by atoms with Gasteiger partial charge in [0.25, 0.3) is 0 Å². The Hall–Kier alpha value is -4.20. The first-order valence-corrected chi connectivity index (χ1v) is 12.6. The van der Waals surface area contributed by atoms with Gasteiger partial charge in [-0.05, 0) is 67.3 Å². The number of hydrogen-bond donors (Lipinski definition) is 1. The summed E-state index contributed by atoms with van der Waals surface area (Å²) < 4.78 is 7.04. The number of ether oxygens (including phenoxy) is 1. The third-order valence-corrected chi connectivity index (χ3v) is 6.87. The van der Waals surface area contributed by atoms with Gasteiger partial charge < -0.3 is 10.1 Å². The van der Waals surface area contributed by atoms with Crippen molar-refractivity contribution in [2.24, 2.45) is 0 Å². The van der Waals surface area contributed by atoms with E-state index in [2.05, 4.69) is 15.6 Å². The lowest BCUT2D eigenvalue weighted by Crippen LogP contribution is -2.47. The lowest BCUT2D eigenvalue weighted by atomic mass is 10.0. The number of fused-ring (bicyclic) bond motifs is 1. The van der Waals surface area contributed by atoms with Crippen molar-refractivity contribution < 1.29 is 14.3 Å². The lowest BCUT2D eigenvalue weighted by Gasteiger charge is -2.32. The molecule has 1 N–H and O–H groups in total. The van der Waals surface area contributed by atoms with Crippen LogP contribution in [-0.2, 0) is 16.1 Å². The van der Waals surface area contributed by atoms with Gasteiger partial charge in [0, 0.05) is 11.7 Å². The molecular formula is C29H31N5O3. The maximum atomic E-state index is 14.1. The van der Waals surface area contributed by atoms with Gasteiger partial charge in [-0.1, -0.05) is 54.5 Å². The maximum Gasteiger partial charge on any atom is 0.249 e. The third kappa shape index (κ3) is 5.33. The molecule has 37 heavy (non-hydrogen) atoms. The number of nitrogens with zero attached hydrogens (tertiary/aromatic N) is 4. The minimum Gasteiger partial charge on any atom is -0.497 e. The summed E-state index contributed by atoms with van der Waals surface area (Å²) in [7, 11) is 1.59. The first kappa shape index (κ1) is 24.5. The fraction of sp³-hybridized carbons (Fsp3) is 0.310. The van der Waals surface area contributed by atoms with Crippen LogP contribution in [0.1, 0.15) is 42.9 Å².